The fraction of sp³-hybridized carbons (Fsp3) is 0.0909. The summed E-state index contributed by atoms with van der Waals surface area (Å²) in [4.78, 5) is 12.9. The Bertz CT molecular complexity index is 954. The van der Waals surface area contributed by atoms with Crippen molar-refractivity contribution in [3.05, 3.63) is 102 Å². The molecule has 1 amide bonds. The van der Waals surface area contributed by atoms with Crippen LogP contribution in [0.4, 0.5) is 18.9 Å². The molecule has 0 spiro atoms. The van der Waals surface area contributed by atoms with Gasteiger partial charge in [-0.15, -0.1) is 0 Å². The zero-order valence-corrected chi connectivity index (χ0v) is 16.4. The summed E-state index contributed by atoms with van der Waals surface area (Å²) in [6.45, 7) is 0. The molecule has 0 saturated heterocycles. The lowest BCUT2D eigenvalue weighted by Crippen LogP contribution is -2.45. The number of halogens is 3. The summed E-state index contributed by atoms with van der Waals surface area (Å²) in [5.74, 6) is -0.891. The number of anilines is 1. The maximum Gasteiger partial charge on any atom is 0.416 e. The van der Waals surface area contributed by atoms with E-state index in [2.05, 4.69) is 16.2 Å². The topological polar surface area (TPSA) is 53.2 Å². The van der Waals surface area contributed by atoms with Gasteiger partial charge in [-0.05, 0) is 47.6 Å². The second kappa shape index (κ2) is 9.41. The van der Waals surface area contributed by atoms with E-state index in [0.717, 1.165) is 23.3 Å². The molecule has 3 aromatic carbocycles. The number of amides is 1. The average Bonchev–Trinajstić information content (AvgIpc) is 2.74. The van der Waals surface area contributed by atoms with Crippen LogP contribution in [0.5, 0.6) is 0 Å². The van der Waals surface area contributed by atoms with Crippen LogP contribution in [0.25, 0.3) is 0 Å². The Labute approximate surface area is 177 Å². The first-order valence-electron chi connectivity index (χ1n) is 8.98. The first-order chi connectivity index (χ1) is 14.3. The highest BCUT2D eigenvalue weighted by molar-refractivity contribution is 7.80. The minimum atomic E-state index is -4.41. The van der Waals surface area contributed by atoms with Gasteiger partial charge >= 0.3 is 6.18 Å². The molecule has 8 heteroatoms. The monoisotopic (exact) mass is 429 g/mol. The number of nitrogens with one attached hydrogen (secondary N) is 3. The summed E-state index contributed by atoms with van der Waals surface area (Å²) in [6.07, 6.45) is -4.41. The molecular weight excluding hydrogens is 411 g/mol. The Morgan fingerprint density at radius 1 is 0.767 bits per heavy atom. The fourth-order valence-corrected chi connectivity index (χ4v) is 3.05. The van der Waals surface area contributed by atoms with Gasteiger partial charge in [0.15, 0.2) is 5.11 Å². The van der Waals surface area contributed by atoms with Crippen molar-refractivity contribution in [2.24, 2.45) is 0 Å². The molecule has 0 unspecified atom stereocenters. The molecule has 0 radical (unpaired) electrons. The molecule has 3 aromatic rings. The molecule has 0 aliphatic carbocycles. The largest absolute Gasteiger partial charge is 0.416 e. The van der Waals surface area contributed by atoms with Crippen molar-refractivity contribution in [3.63, 3.8) is 0 Å². The molecule has 3 rings (SSSR count). The van der Waals surface area contributed by atoms with Gasteiger partial charge in [-0.25, -0.2) is 0 Å². The molecule has 0 fully saturated rings. The highest BCUT2D eigenvalue weighted by atomic mass is 32.1. The van der Waals surface area contributed by atoms with E-state index in [1.807, 2.05) is 60.7 Å². The van der Waals surface area contributed by atoms with E-state index in [0.29, 0.717) is 5.69 Å². The van der Waals surface area contributed by atoms with Gasteiger partial charge < -0.3 is 5.32 Å². The number of alkyl halides is 3. The van der Waals surface area contributed by atoms with Crippen LogP contribution in [0.15, 0.2) is 84.9 Å². The molecule has 3 N–H and O–H groups in total. The number of benzene rings is 3. The number of rotatable bonds is 4. The smallest absolute Gasteiger partial charge is 0.331 e. The van der Waals surface area contributed by atoms with Crippen LogP contribution in [0.3, 0.4) is 0 Å². The van der Waals surface area contributed by atoms with Gasteiger partial charge in [-0.1, -0.05) is 60.7 Å². The summed E-state index contributed by atoms with van der Waals surface area (Å²) in [6, 6.07) is 23.0. The number of carbonyl (C=O) groups excluding carboxylic acids is 1. The van der Waals surface area contributed by atoms with E-state index in [9.17, 15) is 18.0 Å². The van der Waals surface area contributed by atoms with Gasteiger partial charge in [-0.3, -0.25) is 15.6 Å². The van der Waals surface area contributed by atoms with Crippen molar-refractivity contribution in [1.82, 2.24) is 10.9 Å². The Kier molecular flexibility index (Phi) is 6.68. The van der Waals surface area contributed by atoms with Crippen LogP contribution >= 0.6 is 12.2 Å². The van der Waals surface area contributed by atoms with E-state index >= 15 is 0 Å². The normalized spacial score (nSPS) is 11.1. The lowest BCUT2D eigenvalue weighted by molar-refractivity contribution is -0.137. The van der Waals surface area contributed by atoms with Crippen molar-refractivity contribution in [2.75, 3.05) is 5.32 Å². The lowest BCUT2D eigenvalue weighted by Gasteiger charge is -2.19. The summed E-state index contributed by atoms with van der Waals surface area (Å²) < 4.78 is 37.9. The van der Waals surface area contributed by atoms with E-state index in [1.54, 1.807) is 0 Å². The Balaban J connectivity index is 1.64. The van der Waals surface area contributed by atoms with Crippen molar-refractivity contribution in [3.8, 4) is 0 Å². The van der Waals surface area contributed by atoms with E-state index in [4.69, 9.17) is 12.2 Å². The van der Waals surface area contributed by atoms with Crippen molar-refractivity contribution < 1.29 is 18.0 Å². The lowest BCUT2D eigenvalue weighted by atomic mass is 9.91. The van der Waals surface area contributed by atoms with Crippen molar-refractivity contribution in [2.45, 2.75) is 12.1 Å². The minimum absolute atomic E-state index is 0.0444. The van der Waals surface area contributed by atoms with Crippen LogP contribution in [0, 0.1) is 0 Å². The maximum absolute atomic E-state index is 12.9. The molecule has 0 atom stereocenters. The molecule has 154 valence electrons. The molecule has 30 heavy (non-hydrogen) atoms. The predicted molar refractivity (Wildman–Crippen MR) is 114 cm³/mol. The van der Waals surface area contributed by atoms with Gasteiger partial charge in [0, 0.05) is 5.69 Å². The predicted octanol–water partition coefficient (Wildman–Crippen LogP) is 4.86. The molecular formula is C22H18F3N3OS. The summed E-state index contributed by atoms with van der Waals surface area (Å²) in [5, 5.41) is 2.78. The van der Waals surface area contributed by atoms with Crippen LogP contribution in [-0.4, -0.2) is 11.0 Å². The zero-order valence-electron chi connectivity index (χ0n) is 15.6. The standard InChI is InChI=1S/C22H18F3N3OS/c23-22(24,25)17-11-13-18(14-12-17)26-21(30)28-27-20(29)19(15-7-3-1-4-8-15)16-9-5-2-6-10-16/h1-14,19H,(H,27,29)(H2,26,28,30). The van der Waals surface area contributed by atoms with Crippen LogP contribution in [0.2, 0.25) is 0 Å². The molecule has 4 nitrogen and oxygen atoms in total. The fourth-order valence-electron chi connectivity index (χ4n) is 2.88. The number of hydrazine groups is 1. The maximum atomic E-state index is 12.9. The highest BCUT2D eigenvalue weighted by Crippen LogP contribution is 2.29. The van der Waals surface area contributed by atoms with E-state index in [-0.39, 0.29) is 11.0 Å². The number of hydrogen-bond acceptors (Lipinski definition) is 2. The van der Waals surface area contributed by atoms with E-state index < -0.39 is 17.7 Å². The highest BCUT2D eigenvalue weighted by Gasteiger charge is 2.30. The first kappa shape index (κ1) is 21.3. The quantitative estimate of drug-likeness (QED) is 0.410. The molecule has 0 saturated carbocycles. The molecule has 0 aromatic heterocycles. The number of hydrogen-bond donors (Lipinski definition) is 3. The van der Waals surface area contributed by atoms with Crippen molar-refractivity contribution in [1.29, 1.82) is 0 Å². The SMILES string of the molecule is O=C(NNC(=S)Nc1ccc(C(F)(F)F)cc1)C(c1ccccc1)c1ccccc1. The second-order valence-electron chi connectivity index (χ2n) is 6.40. The number of thiocarbonyl (C=S) groups is 1. The van der Waals surface area contributed by atoms with Crippen LogP contribution in [-0.2, 0) is 11.0 Å². The summed E-state index contributed by atoms with van der Waals surface area (Å²) in [7, 11) is 0. The van der Waals surface area contributed by atoms with Crippen LogP contribution in [0.1, 0.15) is 22.6 Å². The third kappa shape index (κ3) is 5.57. The van der Waals surface area contributed by atoms with E-state index in [1.165, 1.54) is 12.1 Å². The van der Waals surface area contributed by atoms with Gasteiger partial charge in [0.1, 0.15) is 0 Å². The number of carbonyl (C=O) groups is 1. The minimum Gasteiger partial charge on any atom is -0.331 e. The Morgan fingerprint density at radius 2 is 1.27 bits per heavy atom. The van der Waals surface area contributed by atoms with Gasteiger partial charge in [-0.2, -0.15) is 13.2 Å². The zero-order chi connectivity index (χ0) is 21.6. The molecule has 0 aliphatic rings. The van der Waals surface area contributed by atoms with Crippen LogP contribution < -0.4 is 16.2 Å². The first-order valence-corrected chi connectivity index (χ1v) is 9.39. The third-order valence-corrected chi connectivity index (χ3v) is 4.50. The summed E-state index contributed by atoms with van der Waals surface area (Å²) >= 11 is 5.12. The molecule has 0 bridgehead atoms. The van der Waals surface area contributed by atoms with Gasteiger partial charge in [0.25, 0.3) is 0 Å². The Morgan fingerprint density at radius 3 is 1.73 bits per heavy atom. The van der Waals surface area contributed by atoms with Gasteiger partial charge in [0.2, 0.25) is 5.91 Å². The average molecular weight is 429 g/mol. The molecule has 0 aliphatic heterocycles. The summed E-state index contributed by atoms with van der Waals surface area (Å²) in [5.41, 5.74) is 6.38. The third-order valence-electron chi connectivity index (χ3n) is 4.30. The second-order valence-corrected chi connectivity index (χ2v) is 6.81. The Hall–Kier alpha value is -3.39. The molecule has 0 heterocycles. The van der Waals surface area contributed by atoms with Gasteiger partial charge in [0.05, 0.1) is 11.5 Å². The van der Waals surface area contributed by atoms with Crippen molar-refractivity contribution >= 4 is 28.9 Å².